The standard InChI is InChI=1S/C4H5NO.C3H3NO2/c1-4(6)3-5-2;1-4-2-3(5)6/h3H2,1H3;2H2,(H,5,6). The highest BCUT2D eigenvalue weighted by molar-refractivity contribution is 5.78. The van der Waals surface area contributed by atoms with Crippen molar-refractivity contribution < 1.29 is 14.7 Å². The monoisotopic (exact) mass is 168 g/mol. The van der Waals surface area contributed by atoms with Gasteiger partial charge in [-0.15, -0.1) is 0 Å². The Morgan fingerprint density at radius 2 is 1.67 bits per heavy atom. The molecule has 0 aliphatic rings. The van der Waals surface area contributed by atoms with Gasteiger partial charge in [-0.2, -0.15) is 0 Å². The fourth-order valence-corrected chi connectivity index (χ4v) is 0.179. The van der Waals surface area contributed by atoms with E-state index >= 15 is 0 Å². The van der Waals surface area contributed by atoms with Gasteiger partial charge in [0, 0.05) is 6.92 Å². The second kappa shape index (κ2) is 9.12. The van der Waals surface area contributed by atoms with Crippen molar-refractivity contribution in [3.63, 3.8) is 0 Å². The van der Waals surface area contributed by atoms with Crippen LogP contribution in [-0.4, -0.2) is 29.9 Å². The maximum atomic E-state index is 9.83. The van der Waals surface area contributed by atoms with Crippen LogP contribution in [0.4, 0.5) is 0 Å². The summed E-state index contributed by atoms with van der Waals surface area (Å²) in [6, 6.07) is 0. The number of carboxylic acids is 1. The van der Waals surface area contributed by atoms with Crippen molar-refractivity contribution in [2.45, 2.75) is 6.92 Å². The molecule has 5 nitrogen and oxygen atoms in total. The van der Waals surface area contributed by atoms with Crippen LogP contribution in [-0.2, 0) is 9.59 Å². The predicted octanol–water partition coefficient (Wildman–Crippen LogP) is 0.485. The topological polar surface area (TPSA) is 63.1 Å². The Bertz CT molecular complexity index is 208. The number of hydrogen-bond acceptors (Lipinski definition) is 2. The van der Waals surface area contributed by atoms with Crippen molar-refractivity contribution in [3.05, 3.63) is 22.8 Å². The molecule has 5 heteroatoms. The first kappa shape index (κ1) is 12.8. The molecular weight excluding hydrogens is 160 g/mol. The summed E-state index contributed by atoms with van der Waals surface area (Å²) in [5.74, 6) is -1.13. The molecule has 0 radical (unpaired) electrons. The highest BCUT2D eigenvalue weighted by Gasteiger charge is 1.92. The number of hydrogen-bond donors (Lipinski definition) is 1. The Balaban J connectivity index is 0. The van der Waals surface area contributed by atoms with Gasteiger partial charge < -0.3 is 14.8 Å². The Morgan fingerprint density at radius 1 is 1.25 bits per heavy atom. The Morgan fingerprint density at radius 3 is 1.67 bits per heavy atom. The van der Waals surface area contributed by atoms with Gasteiger partial charge in [-0.3, -0.25) is 4.79 Å². The molecule has 0 atom stereocenters. The number of rotatable bonds is 2. The summed E-state index contributed by atoms with van der Waals surface area (Å²) in [7, 11) is 0. The van der Waals surface area contributed by atoms with Crippen molar-refractivity contribution in [1.82, 2.24) is 0 Å². The average Bonchev–Trinajstić information content (AvgIpc) is 1.87. The van der Waals surface area contributed by atoms with Crippen LogP contribution in [0.3, 0.4) is 0 Å². The number of aliphatic carboxylic acids is 1. The predicted molar refractivity (Wildman–Crippen MR) is 41.3 cm³/mol. The highest BCUT2D eigenvalue weighted by atomic mass is 16.4. The molecule has 0 aliphatic heterocycles. The lowest BCUT2D eigenvalue weighted by Crippen LogP contribution is -1.95. The summed E-state index contributed by atoms with van der Waals surface area (Å²) >= 11 is 0. The Hall–Kier alpha value is -1.88. The molecule has 0 aromatic carbocycles. The summed E-state index contributed by atoms with van der Waals surface area (Å²) in [6.07, 6.45) is 0. The molecule has 0 aromatic heterocycles. The third kappa shape index (κ3) is 24.3. The van der Waals surface area contributed by atoms with Crippen molar-refractivity contribution in [2.75, 3.05) is 13.1 Å². The zero-order chi connectivity index (χ0) is 9.98. The molecule has 0 saturated heterocycles. The van der Waals surface area contributed by atoms with Gasteiger partial charge in [-0.25, -0.2) is 17.9 Å². The molecule has 0 saturated carbocycles. The fourth-order valence-electron chi connectivity index (χ4n) is 0.179. The van der Waals surface area contributed by atoms with Gasteiger partial charge in [-0.1, -0.05) is 0 Å². The molecule has 64 valence electrons. The number of carbonyl (C=O) groups excluding carboxylic acids is 1. The Kier molecular flexibility index (Phi) is 9.70. The first-order valence-corrected chi connectivity index (χ1v) is 2.92. The largest absolute Gasteiger partial charge is 0.476 e. The summed E-state index contributed by atoms with van der Waals surface area (Å²) in [5.41, 5.74) is 0. The Labute approximate surface area is 70.3 Å². The van der Waals surface area contributed by atoms with Gasteiger partial charge in [0.1, 0.15) is 0 Å². The highest BCUT2D eigenvalue weighted by Crippen LogP contribution is 1.66. The lowest BCUT2D eigenvalue weighted by molar-refractivity contribution is -0.134. The lowest BCUT2D eigenvalue weighted by atomic mass is 10.5. The maximum Gasteiger partial charge on any atom is 0.384 e. The van der Waals surface area contributed by atoms with Crippen LogP contribution < -0.4 is 0 Å². The molecule has 0 unspecified atom stereocenters. The minimum Gasteiger partial charge on any atom is -0.476 e. The second-order valence-corrected chi connectivity index (χ2v) is 1.73. The van der Waals surface area contributed by atoms with Crippen molar-refractivity contribution >= 4 is 11.8 Å². The number of nitrogens with zero attached hydrogens (tertiary/aromatic N) is 2. The van der Waals surface area contributed by atoms with E-state index in [0.717, 1.165) is 0 Å². The second-order valence-electron chi connectivity index (χ2n) is 1.73. The molecule has 0 bridgehead atoms. The van der Waals surface area contributed by atoms with Crippen molar-refractivity contribution in [1.29, 1.82) is 0 Å². The van der Waals surface area contributed by atoms with E-state index in [1.807, 2.05) is 0 Å². The van der Waals surface area contributed by atoms with Gasteiger partial charge >= 0.3 is 12.5 Å². The number of carbonyl (C=O) groups is 2. The zero-order valence-corrected chi connectivity index (χ0v) is 6.57. The first-order chi connectivity index (χ1) is 5.54. The molecule has 0 spiro atoms. The summed E-state index contributed by atoms with van der Waals surface area (Å²) < 4.78 is 0. The van der Waals surface area contributed by atoms with Gasteiger partial charge in [-0.05, 0) is 0 Å². The van der Waals surface area contributed by atoms with E-state index < -0.39 is 12.5 Å². The third-order valence-corrected chi connectivity index (χ3v) is 0.516. The van der Waals surface area contributed by atoms with E-state index in [1.165, 1.54) is 6.92 Å². The first-order valence-electron chi connectivity index (χ1n) is 2.92. The molecule has 0 heterocycles. The molecule has 1 N–H and O–H groups in total. The van der Waals surface area contributed by atoms with Gasteiger partial charge in [0.05, 0.1) is 0 Å². The van der Waals surface area contributed by atoms with Crippen LogP contribution >= 0.6 is 0 Å². The average molecular weight is 168 g/mol. The SMILES string of the molecule is [C-]#[N+]CC(=O)O.[C-]#[N+]CC(C)=O. The molecular formula is C7H8N2O3. The molecule has 0 fully saturated rings. The van der Waals surface area contributed by atoms with E-state index in [4.69, 9.17) is 18.3 Å². The van der Waals surface area contributed by atoms with Crippen LogP contribution in [0, 0.1) is 13.1 Å². The molecule has 0 amide bonds. The smallest absolute Gasteiger partial charge is 0.384 e. The zero-order valence-electron chi connectivity index (χ0n) is 6.57. The summed E-state index contributed by atoms with van der Waals surface area (Å²) in [5, 5.41) is 7.70. The molecule has 12 heavy (non-hydrogen) atoms. The van der Waals surface area contributed by atoms with Crippen LogP contribution in [0.5, 0.6) is 0 Å². The van der Waals surface area contributed by atoms with Crippen molar-refractivity contribution in [2.24, 2.45) is 0 Å². The van der Waals surface area contributed by atoms with E-state index in [2.05, 4.69) is 9.69 Å². The fraction of sp³-hybridized carbons (Fsp3) is 0.429. The number of carboxylic acid groups (broad SMARTS) is 1. The normalized spacial score (nSPS) is 6.58. The van der Waals surface area contributed by atoms with Crippen LogP contribution in [0.1, 0.15) is 6.92 Å². The molecule has 0 aromatic rings. The van der Waals surface area contributed by atoms with E-state index in [-0.39, 0.29) is 12.3 Å². The van der Waals surface area contributed by atoms with Gasteiger partial charge in [0.25, 0.3) is 6.54 Å². The maximum absolute atomic E-state index is 9.83. The summed E-state index contributed by atoms with van der Waals surface area (Å²) in [4.78, 5) is 24.6. The van der Waals surface area contributed by atoms with Gasteiger partial charge in [0.2, 0.25) is 5.78 Å². The van der Waals surface area contributed by atoms with Gasteiger partial charge in [0.15, 0.2) is 0 Å². The minimum absolute atomic E-state index is 0.0278. The van der Waals surface area contributed by atoms with Crippen LogP contribution in [0.25, 0.3) is 9.69 Å². The van der Waals surface area contributed by atoms with Crippen molar-refractivity contribution in [3.8, 4) is 0 Å². The molecule has 0 aliphatic carbocycles. The molecule has 0 rings (SSSR count). The third-order valence-electron chi connectivity index (χ3n) is 0.516. The van der Waals surface area contributed by atoms with E-state index in [1.54, 1.807) is 0 Å². The van der Waals surface area contributed by atoms with E-state index in [0.29, 0.717) is 0 Å². The minimum atomic E-state index is -1.06. The summed E-state index contributed by atoms with van der Waals surface area (Å²) in [6.45, 7) is 13.1. The van der Waals surface area contributed by atoms with E-state index in [9.17, 15) is 9.59 Å². The number of ketones is 1. The van der Waals surface area contributed by atoms with Crippen LogP contribution in [0.15, 0.2) is 0 Å². The quantitative estimate of drug-likeness (QED) is 0.610. The lowest BCUT2D eigenvalue weighted by Gasteiger charge is -1.68. The number of Topliss-reactive ketones (excluding diaryl/α,β-unsaturated/α-hetero) is 1. The van der Waals surface area contributed by atoms with Crippen LogP contribution in [0.2, 0.25) is 0 Å².